The SMILES string of the molecule is FC(F)(F)CN(CCCC1CCCCN1)C1CC1. The third kappa shape index (κ3) is 5.14. The van der Waals surface area contributed by atoms with E-state index < -0.39 is 12.7 Å². The Kier molecular flexibility index (Phi) is 4.90. The fourth-order valence-corrected chi connectivity index (χ4v) is 2.77. The minimum atomic E-state index is -4.05. The predicted molar refractivity (Wildman–Crippen MR) is 65.5 cm³/mol. The van der Waals surface area contributed by atoms with Crippen molar-refractivity contribution in [1.82, 2.24) is 10.2 Å². The van der Waals surface area contributed by atoms with Gasteiger partial charge in [-0.15, -0.1) is 0 Å². The third-order valence-corrected chi connectivity index (χ3v) is 3.86. The molecule has 1 aliphatic carbocycles. The Hall–Kier alpha value is -0.290. The number of rotatable bonds is 6. The molecular formula is C13H23F3N2. The number of hydrogen-bond donors (Lipinski definition) is 1. The highest BCUT2D eigenvalue weighted by molar-refractivity contribution is 4.86. The molecule has 2 nitrogen and oxygen atoms in total. The van der Waals surface area contributed by atoms with E-state index in [1.165, 1.54) is 19.3 Å². The van der Waals surface area contributed by atoms with E-state index in [1.54, 1.807) is 4.90 Å². The van der Waals surface area contributed by atoms with Gasteiger partial charge in [-0.25, -0.2) is 0 Å². The van der Waals surface area contributed by atoms with E-state index in [2.05, 4.69) is 5.32 Å². The van der Waals surface area contributed by atoms with E-state index in [9.17, 15) is 13.2 Å². The minimum Gasteiger partial charge on any atom is -0.314 e. The molecule has 0 bridgehead atoms. The van der Waals surface area contributed by atoms with Crippen LogP contribution in [-0.4, -0.2) is 42.8 Å². The van der Waals surface area contributed by atoms with Gasteiger partial charge in [-0.2, -0.15) is 13.2 Å². The number of nitrogens with zero attached hydrogens (tertiary/aromatic N) is 1. The lowest BCUT2D eigenvalue weighted by Gasteiger charge is -2.26. The predicted octanol–water partition coefficient (Wildman–Crippen LogP) is 2.94. The van der Waals surface area contributed by atoms with Gasteiger partial charge in [0.25, 0.3) is 0 Å². The second-order valence-corrected chi connectivity index (χ2v) is 5.61. The van der Waals surface area contributed by atoms with E-state index in [-0.39, 0.29) is 6.04 Å². The van der Waals surface area contributed by atoms with Gasteiger partial charge in [-0.3, -0.25) is 4.90 Å². The van der Waals surface area contributed by atoms with Gasteiger partial charge in [0.1, 0.15) is 0 Å². The average Bonchev–Trinajstić information content (AvgIpc) is 3.11. The highest BCUT2D eigenvalue weighted by Gasteiger charge is 2.37. The molecule has 18 heavy (non-hydrogen) atoms. The Morgan fingerprint density at radius 1 is 1.11 bits per heavy atom. The highest BCUT2D eigenvalue weighted by atomic mass is 19.4. The first kappa shape index (κ1) is 14.1. The van der Waals surface area contributed by atoms with Gasteiger partial charge >= 0.3 is 6.18 Å². The van der Waals surface area contributed by atoms with E-state index in [1.807, 2.05) is 0 Å². The molecule has 0 amide bonds. The zero-order chi connectivity index (χ0) is 13.0. The molecule has 1 N–H and O–H groups in total. The third-order valence-electron chi connectivity index (χ3n) is 3.86. The summed E-state index contributed by atoms with van der Waals surface area (Å²) in [5, 5.41) is 3.45. The molecule has 1 saturated carbocycles. The largest absolute Gasteiger partial charge is 0.401 e. The van der Waals surface area contributed by atoms with Crippen LogP contribution in [0.1, 0.15) is 44.9 Å². The Labute approximate surface area is 107 Å². The zero-order valence-electron chi connectivity index (χ0n) is 10.8. The molecule has 0 aromatic rings. The van der Waals surface area contributed by atoms with Crippen LogP contribution in [0.5, 0.6) is 0 Å². The first-order valence-electron chi connectivity index (χ1n) is 7.09. The molecule has 1 heterocycles. The fraction of sp³-hybridized carbons (Fsp3) is 1.00. The summed E-state index contributed by atoms with van der Waals surface area (Å²) >= 11 is 0. The molecule has 0 radical (unpaired) electrons. The molecule has 2 fully saturated rings. The van der Waals surface area contributed by atoms with Crippen molar-refractivity contribution < 1.29 is 13.2 Å². The van der Waals surface area contributed by atoms with Crippen LogP contribution in [-0.2, 0) is 0 Å². The van der Waals surface area contributed by atoms with Crippen molar-refractivity contribution in [2.24, 2.45) is 0 Å². The molecule has 0 aromatic heterocycles. The van der Waals surface area contributed by atoms with Crippen LogP contribution in [0.4, 0.5) is 13.2 Å². The molecule has 1 unspecified atom stereocenters. The quantitative estimate of drug-likeness (QED) is 0.793. The summed E-state index contributed by atoms with van der Waals surface area (Å²) in [7, 11) is 0. The van der Waals surface area contributed by atoms with Gasteiger partial charge in [0, 0.05) is 12.1 Å². The lowest BCUT2D eigenvalue weighted by atomic mass is 10.0. The summed E-state index contributed by atoms with van der Waals surface area (Å²) in [5.41, 5.74) is 0. The van der Waals surface area contributed by atoms with Crippen molar-refractivity contribution in [3.8, 4) is 0 Å². The van der Waals surface area contributed by atoms with Crippen LogP contribution in [0.2, 0.25) is 0 Å². The Bertz CT molecular complexity index is 245. The Morgan fingerprint density at radius 3 is 2.44 bits per heavy atom. The molecule has 0 spiro atoms. The van der Waals surface area contributed by atoms with Crippen LogP contribution < -0.4 is 5.32 Å². The van der Waals surface area contributed by atoms with Gasteiger partial charge in [0.2, 0.25) is 0 Å². The summed E-state index contributed by atoms with van der Waals surface area (Å²) in [5.74, 6) is 0. The number of piperidine rings is 1. The first-order chi connectivity index (χ1) is 8.54. The molecule has 2 rings (SSSR count). The fourth-order valence-electron chi connectivity index (χ4n) is 2.77. The van der Waals surface area contributed by atoms with Crippen LogP contribution in [0.25, 0.3) is 0 Å². The summed E-state index contributed by atoms with van der Waals surface area (Å²) in [6.45, 7) is 0.942. The summed E-state index contributed by atoms with van der Waals surface area (Å²) < 4.78 is 37.3. The standard InChI is InChI=1S/C13H23F3N2/c14-13(15,16)10-18(12-6-7-12)9-3-5-11-4-1-2-8-17-11/h11-12,17H,1-10H2. The maximum Gasteiger partial charge on any atom is 0.401 e. The zero-order valence-corrected chi connectivity index (χ0v) is 10.8. The van der Waals surface area contributed by atoms with Crippen molar-refractivity contribution in [3.63, 3.8) is 0 Å². The smallest absolute Gasteiger partial charge is 0.314 e. The number of hydrogen-bond acceptors (Lipinski definition) is 2. The van der Waals surface area contributed by atoms with Crippen LogP contribution in [0.3, 0.4) is 0 Å². The second-order valence-electron chi connectivity index (χ2n) is 5.61. The molecular weight excluding hydrogens is 241 g/mol. The topological polar surface area (TPSA) is 15.3 Å². The lowest BCUT2D eigenvalue weighted by molar-refractivity contribution is -0.147. The molecule has 1 saturated heterocycles. The van der Waals surface area contributed by atoms with Gasteiger partial charge in [0.15, 0.2) is 0 Å². The van der Waals surface area contributed by atoms with E-state index in [0.29, 0.717) is 12.6 Å². The van der Waals surface area contributed by atoms with Gasteiger partial charge in [0.05, 0.1) is 6.54 Å². The van der Waals surface area contributed by atoms with Gasteiger partial charge in [-0.05, 0) is 51.6 Å². The second kappa shape index (κ2) is 6.24. The average molecular weight is 264 g/mol. The van der Waals surface area contributed by atoms with E-state index in [4.69, 9.17) is 0 Å². The molecule has 2 aliphatic rings. The number of nitrogens with one attached hydrogen (secondary N) is 1. The number of alkyl halides is 3. The maximum atomic E-state index is 12.4. The van der Waals surface area contributed by atoms with E-state index >= 15 is 0 Å². The van der Waals surface area contributed by atoms with Crippen LogP contribution in [0.15, 0.2) is 0 Å². The van der Waals surface area contributed by atoms with Crippen molar-refractivity contribution in [3.05, 3.63) is 0 Å². The van der Waals surface area contributed by atoms with Gasteiger partial charge in [-0.1, -0.05) is 6.42 Å². The normalized spacial score (nSPS) is 25.7. The van der Waals surface area contributed by atoms with Crippen LogP contribution >= 0.6 is 0 Å². The highest BCUT2D eigenvalue weighted by Crippen LogP contribution is 2.30. The summed E-state index contributed by atoms with van der Waals surface area (Å²) in [4.78, 5) is 1.63. The lowest BCUT2D eigenvalue weighted by Crippen LogP contribution is -2.38. The first-order valence-corrected chi connectivity index (χ1v) is 7.09. The molecule has 0 aromatic carbocycles. The summed E-state index contributed by atoms with van der Waals surface area (Å²) in [6, 6.07) is 0.733. The minimum absolute atomic E-state index is 0.200. The monoisotopic (exact) mass is 264 g/mol. The molecule has 1 aliphatic heterocycles. The van der Waals surface area contributed by atoms with E-state index in [0.717, 1.165) is 32.2 Å². The van der Waals surface area contributed by atoms with Crippen molar-refractivity contribution in [1.29, 1.82) is 0 Å². The van der Waals surface area contributed by atoms with Gasteiger partial charge < -0.3 is 5.32 Å². The summed E-state index contributed by atoms with van der Waals surface area (Å²) in [6.07, 6.45) is 3.40. The van der Waals surface area contributed by atoms with Crippen molar-refractivity contribution in [2.75, 3.05) is 19.6 Å². The Morgan fingerprint density at radius 2 is 1.89 bits per heavy atom. The molecule has 1 atom stereocenters. The molecule has 106 valence electrons. The number of halogens is 3. The Balaban J connectivity index is 1.65. The molecule has 5 heteroatoms. The van der Waals surface area contributed by atoms with Crippen molar-refractivity contribution in [2.45, 2.75) is 63.2 Å². The van der Waals surface area contributed by atoms with Crippen LogP contribution in [0, 0.1) is 0 Å². The van der Waals surface area contributed by atoms with Crippen molar-refractivity contribution >= 4 is 0 Å². The maximum absolute atomic E-state index is 12.4.